The summed E-state index contributed by atoms with van der Waals surface area (Å²) < 4.78 is 11.0. The minimum atomic E-state index is -0.973. The summed E-state index contributed by atoms with van der Waals surface area (Å²) in [4.78, 5) is 4.17. The monoisotopic (exact) mass is 390 g/mol. The maximum atomic E-state index is 10.1. The number of methoxy groups -OCH3 is 1. The number of anilines is 1. The molecule has 1 unspecified atom stereocenters. The average molecular weight is 390 g/mol. The summed E-state index contributed by atoms with van der Waals surface area (Å²) in [5.74, 6) is 1.27. The predicted molar refractivity (Wildman–Crippen MR) is 114 cm³/mol. The first kappa shape index (κ1) is 19.4. The topological polar surface area (TPSA) is 63.6 Å². The summed E-state index contributed by atoms with van der Waals surface area (Å²) >= 11 is 0. The van der Waals surface area contributed by atoms with E-state index in [-0.39, 0.29) is 0 Å². The van der Waals surface area contributed by atoms with Crippen LogP contribution in [0, 0.1) is 6.92 Å². The Morgan fingerprint density at radius 2 is 1.97 bits per heavy atom. The van der Waals surface area contributed by atoms with Gasteiger partial charge in [0.15, 0.2) is 6.29 Å². The van der Waals surface area contributed by atoms with Gasteiger partial charge in [-0.15, -0.1) is 0 Å². The first-order valence-electron chi connectivity index (χ1n) is 9.88. The fourth-order valence-electron chi connectivity index (χ4n) is 3.73. The van der Waals surface area contributed by atoms with Gasteiger partial charge < -0.3 is 19.9 Å². The number of fused-ring (bicyclic) bond motifs is 1. The molecule has 29 heavy (non-hydrogen) atoms. The molecule has 0 radical (unpaired) electrons. The van der Waals surface area contributed by atoms with Gasteiger partial charge in [-0.1, -0.05) is 42.0 Å². The molecular weight excluding hydrogens is 364 g/mol. The summed E-state index contributed by atoms with van der Waals surface area (Å²) in [6.45, 7) is 3.52. The van der Waals surface area contributed by atoms with Crippen molar-refractivity contribution in [3.05, 3.63) is 77.6 Å². The Labute approximate surface area is 171 Å². The molecule has 0 saturated heterocycles. The van der Waals surface area contributed by atoms with Crippen LogP contribution in [0.1, 0.15) is 35.3 Å². The molecule has 0 saturated carbocycles. The highest BCUT2D eigenvalue weighted by molar-refractivity contribution is 5.67. The van der Waals surface area contributed by atoms with Crippen LogP contribution in [0.2, 0.25) is 0 Å². The third-order valence-corrected chi connectivity index (χ3v) is 5.45. The third kappa shape index (κ3) is 4.26. The van der Waals surface area contributed by atoms with Gasteiger partial charge in [0, 0.05) is 31.3 Å². The summed E-state index contributed by atoms with van der Waals surface area (Å²) in [5, 5.41) is 13.5. The standard InChI is InChI=1S/C24H26N2O3/c1-16-3-5-17(6-4-16)18-7-8-20-19(10-12-29-23(20)13-18)14-26-22-15-25-11-9-21(22)24(27)28-2/h3-9,11,13,15,19,24,26-27H,10,12,14H2,1-2H3/t19-,24?/m0/s1. The lowest BCUT2D eigenvalue weighted by Crippen LogP contribution is -2.21. The van der Waals surface area contributed by atoms with Crippen molar-refractivity contribution in [1.29, 1.82) is 0 Å². The van der Waals surface area contributed by atoms with Crippen LogP contribution in [0.5, 0.6) is 5.75 Å². The van der Waals surface area contributed by atoms with Crippen LogP contribution in [-0.4, -0.2) is 30.4 Å². The zero-order chi connectivity index (χ0) is 20.2. The molecule has 2 aromatic carbocycles. The van der Waals surface area contributed by atoms with Crippen molar-refractivity contribution in [2.45, 2.75) is 25.6 Å². The number of pyridine rings is 1. The second-order valence-electron chi connectivity index (χ2n) is 7.38. The molecule has 1 aliphatic heterocycles. The van der Waals surface area contributed by atoms with Gasteiger partial charge in [0.2, 0.25) is 0 Å². The third-order valence-electron chi connectivity index (χ3n) is 5.45. The normalized spacial score (nSPS) is 16.6. The zero-order valence-electron chi connectivity index (χ0n) is 16.8. The van der Waals surface area contributed by atoms with Crippen LogP contribution < -0.4 is 10.1 Å². The van der Waals surface area contributed by atoms with Gasteiger partial charge in [0.1, 0.15) is 5.75 Å². The molecule has 0 spiro atoms. The summed E-state index contributed by atoms with van der Waals surface area (Å²) in [7, 11) is 1.48. The van der Waals surface area contributed by atoms with Crippen molar-refractivity contribution in [2.75, 3.05) is 25.6 Å². The van der Waals surface area contributed by atoms with Crippen LogP contribution in [0.25, 0.3) is 11.1 Å². The molecule has 0 fully saturated rings. The largest absolute Gasteiger partial charge is 0.493 e. The van der Waals surface area contributed by atoms with Crippen LogP contribution in [-0.2, 0) is 4.74 Å². The number of ether oxygens (including phenoxy) is 2. The number of rotatable bonds is 6. The molecule has 0 amide bonds. The number of nitrogens with zero attached hydrogens (tertiary/aromatic N) is 1. The Kier molecular flexibility index (Phi) is 5.79. The fraction of sp³-hybridized carbons (Fsp3) is 0.292. The highest BCUT2D eigenvalue weighted by Gasteiger charge is 2.22. The summed E-state index contributed by atoms with van der Waals surface area (Å²) in [6.07, 6.45) is 3.34. The van der Waals surface area contributed by atoms with E-state index in [1.165, 1.54) is 23.8 Å². The number of nitrogens with one attached hydrogen (secondary N) is 1. The molecule has 1 aliphatic rings. The minimum absolute atomic E-state index is 0.318. The van der Waals surface area contributed by atoms with Crippen molar-refractivity contribution < 1.29 is 14.6 Å². The van der Waals surface area contributed by atoms with Crippen molar-refractivity contribution in [3.8, 4) is 16.9 Å². The molecule has 5 nitrogen and oxygen atoms in total. The van der Waals surface area contributed by atoms with Gasteiger partial charge in [0.25, 0.3) is 0 Å². The molecule has 0 aliphatic carbocycles. The Morgan fingerprint density at radius 3 is 2.76 bits per heavy atom. The molecule has 2 heterocycles. The van der Waals surface area contributed by atoms with Gasteiger partial charge in [-0.25, -0.2) is 0 Å². The van der Waals surface area contributed by atoms with Gasteiger partial charge in [-0.2, -0.15) is 0 Å². The van der Waals surface area contributed by atoms with Crippen molar-refractivity contribution in [3.63, 3.8) is 0 Å². The lowest BCUT2D eigenvalue weighted by Gasteiger charge is -2.27. The Balaban J connectivity index is 1.53. The van der Waals surface area contributed by atoms with Crippen molar-refractivity contribution in [1.82, 2.24) is 4.98 Å². The van der Waals surface area contributed by atoms with Gasteiger partial charge in [-0.3, -0.25) is 4.98 Å². The number of aromatic nitrogens is 1. The SMILES string of the molecule is COC(O)c1ccncc1NC[C@@H]1CCOc2cc(-c3ccc(C)cc3)ccc21. The Morgan fingerprint density at radius 1 is 1.17 bits per heavy atom. The van der Waals surface area contributed by atoms with Crippen LogP contribution >= 0.6 is 0 Å². The minimum Gasteiger partial charge on any atom is -0.493 e. The second-order valence-corrected chi connectivity index (χ2v) is 7.38. The van der Waals surface area contributed by atoms with Crippen molar-refractivity contribution in [2.24, 2.45) is 0 Å². The first-order valence-corrected chi connectivity index (χ1v) is 9.88. The fourth-order valence-corrected chi connectivity index (χ4v) is 3.73. The number of aryl methyl sites for hydroxylation is 1. The zero-order valence-corrected chi connectivity index (χ0v) is 16.8. The maximum absolute atomic E-state index is 10.1. The predicted octanol–water partition coefficient (Wildman–Crippen LogP) is 4.67. The molecule has 4 rings (SSSR count). The number of benzene rings is 2. The van der Waals surface area contributed by atoms with Gasteiger partial charge >= 0.3 is 0 Å². The van der Waals surface area contributed by atoms with Crippen LogP contribution in [0.4, 0.5) is 5.69 Å². The smallest absolute Gasteiger partial charge is 0.182 e. The molecule has 2 N–H and O–H groups in total. The number of hydrogen-bond donors (Lipinski definition) is 2. The molecule has 2 atom stereocenters. The molecule has 3 aromatic rings. The molecule has 1 aromatic heterocycles. The maximum Gasteiger partial charge on any atom is 0.182 e. The summed E-state index contributed by atoms with van der Waals surface area (Å²) in [5.41, 5.74) is 6.28. The molecular formula is C24H26N2O3. The summed E-state index contributed by atoms with van der Waals surface area (Å²) in [6, 6.07) is 16.8. The van der Waals surface area contributed by atoms with Gasteiger partial charge in [-0.05, 0) is 42.2 Å². The quantitative estimate of drug-likeness (QED) is 0.599. The highest BCUT2D eigenvalue weighted by atomic mass is 16.6. The van der Waals surface area contributed by atoms with E-state index < -0.39 is 6.29 Å². The second kappa shape index (κ2) is 8.64. The van der Waals surface area contributed by atoms with E-state index in [1.807, 2.05) is 0 Å². The first-order chi connectivity index (χ1) is 14.2. The van der Waals surface area contributed by atoms with E-state index >= 15 is 0 Å². The Bertz CT molecular complexity index is 972. The van der Waals surface area contributed by atoms with E-state index in [1.54, 1.807) is 18.5 Å². The number of aliphatic hydroxyl groups excluding tert-OH is 1. The van der Waals surface area contributed by atoms with Crippen molar-refractivity contribution >= 4 is 5.69 Å². The molecule has 150 valence electrons. The number of hydrogen-bond acceptors (Lipinski definition) is 5. The lowest BCUT2D eigenvalue weighted by molar-refractivity contribution is -0.0764. The van der Waals surface area contributed by atoms with Gasteiger partial charge in [0.05, 0.1) is 18.5 Å². The van der Waals surface area contributed by atoms with E-state index in [0.29, 0.717) is 18.1 Å². The van der Waals surface area contributed by atoms with E-state index in [2.05, 4.69) is 59.7 Å². The Hall–Kier alpha value is -2.89. The highest BCUT2D eigenvalue weighted by Crippen LogP contribution is 2.37. The van der Waals surface area contributed by atoms with E-state index in [0.717, 1.165) is 30.0 Å². The number of aliphatic hydroxyl groups is 1. The van der Waals surface area contributed by atoms with E-state index in [9.17, 15) is 5.11 Å². The van der Waals surface area contributed by atoms with Crippen LogP contribution in [0.15, 0.2) is 60.9 Å². The average Bonchev–Trinajstić information content (AvgIpc) is 2.77. The molecule has 5 heteroatoms. The molecule has 0 bridgehead atoms. The van der Waals surface area contributed by atoms with Crippen LogP contribution in [0.3, 0.4) is 0 Å². The lowest BCUT2D eigenvalue weighted by atomic mass is 9.91. The van der Waals surface area contributed by atoms with E-state index in [4.69, 9.17) is 9.47 Å².